The molecule has 1 aliphatic heterocycles. The van der Waals surface area contributed by atoms with E-state index in [9.17, 15) is 9.59 Å². The molecule has 2 heterocycles. The van der Waals surface area contributed by atoms with E-state index in [0.717, 1.165) is 34.7 Å². The van der Waals surface area contributed by atoms with Gasteiger partial charge in [-0.1, -0.05) is 19.9 Å². The third kappa shape index (κ3) is 3.75. The van der Waals surface area contributed by atoms with Gasteiger partial charge in [0.25, 0.3) is 0 Å². The average Bonchev–Trinajstić information content (AvgIpc) is 2.98. The largest absolute Gasteiger partial charge is 0.464 e. The fraction of sp³-hybridized carbons (Fsp3) is 0.476. The topological polar surface area (TPSA) is 85.5 Å². The minimum atomic E-state index is -0.593. The van der Waals surface area contributed by atoms with Gasteiger partial charge in [0.2, 0.25) is 5.91 Å². The predicted molar refractivity (Wildman–Crippen MR) is 105 cm³/mol. The number of nitrogens with zero attached hydrogens (tertiary/aromatic N) is 2. The summed E-state index contributed by atoms with van der Waals surface area (Å²) in [4.78, 5) is 31.1. The fourth-order valence-corrected chi connectivity index (χ4v) is 3.78. The summed E-state index contributed by atoms with van der Waals surface area (Å²) in [5, 5.41) is 1.90. The number of ether oxygens (including phenoxy) is 1. The number of benzene rings is 1. The lowest BCUT2D eigenvalue weighted by atomic mass is 9.94. The molecule has 1 amide bonds. The second-order valence-electron chi connectivity index (χ2n) is 7.09. The van der Waals surface area contributed by atoms with E-state index < -0.39 is 6.04 Å². The van der Waals surface area contributed by atoms with Crippen molar-refractivity contribution >= 4 is 28.5 Å². The number of likely N-dealkylation sites (tertiary alicyclic amines) is 1. The highest BCUT2D eigenvalue weighted by Gasteiger charge is 2.37. The van der Waals surface area contributed by atoms with Gasteiger partial charge in [-0.15, -0.1) is 0 Å². The van der Waals surface area contributed by atoms with Crippen molar-refractivity contribution in [1.82, 2.24) is 9.88 Å². The molecule has 1 aromatic carbocycles. The number of amides is 1. The summed E-state index contributed by atoms with van der Waals surface area (Å²) in [5.41, 5.74) is 8.16. The Morgan fingerprint density at radius 2 is 2.15 bits per heavy atom. The monoisotopic (exact) mass is 369 g/mol. The number of pyridine rings is 1. The van der Waals surface area contributed by atoms with Crippen LogP contribution in [-0.4, -0.2) is 41.0 Å². The molecule has 2 N–H and O–H groups in total. The molecule has 144 valence electrons. The van der Waals surface area contributed by atoms with E-state index in [0.29, 0.717) is 25.4 Å². The van der Waals surface area contributed by atoms with Crippen LogP contribution in [0.25, 0.3) is 10.8 Å². The molecule has 27 heavy (non-hydrogen) atoms. The van der Waals surface area contributed by atoms with Gasteiger partial charge >= 0.3 is 5.97 Å². The molecule has 2 atom stereocenters. The van der Waals surface area contributed by atoms with Crippen LogP contribution in [0.15, 0.2) is 24.4 Å². The zero-order valence-corrected chi connectivity index (χ0v) is 16.2. The molecule has 0 spiro atoms. The van der Waals surface area contributed by atoms with Crippen molar-refractivity contribution in [2.75, 3.05) is 18.9 Å². The van der Waals surface area contributed by atoms with Crippen LogP contribution in [0.5, 0.6) is 0 Å². The lowest BCUT2D eigenvalue weighted by molar-refractivity contribution is -0.153. The van der Waals surface area contributed by atoms with Crippen LogP contribution < -0.4 is 5.73 Å². The Morgan fingerprint density at radius 3 is 2.78 bits per heavy atom. The summed E-state index contributed by atoms with van der Waals surface area (Å²) in [6.07, 6.45) is 3.70. The van der Waals surface area contributed by atoms with E-state index in [2.05, 4.69) is 18.0 Å². The van der Waals surface area contributed by atoms with Gasteiger partial charge in [-0.2, -0.15) is 0 Å². The number of fused-ring (bicyclic) bond motifs is 1. The minimum absolute atomic E-state index is 0.0281. The lowest BCUT2D eigenvalue weighted by Crippen LogP contribution is -2.45. The van der Waals surface area contributed by atoms with Gasteiger partial charge in [-0.25, -0.2) is 9.78 Å². The molecule has 6 nitrogen and oxygen atoms in total. The van der Waals surface area contributed by atoms with E-state index in [1.54, 1.807) is 18.0 Å². The Kier molecular flexibility index (Phi) is 5.63. The Bertz CT molecular complexity index is 865. The number of rotatable bonds is 6. The standard InChI is InChI=1S/C21H27N3O3/c1-4-14-11-17-15(6-8-23-19(17)22)10-16(14)12-18(21(26)27-5-2)24-9-7-13(3)20(24)25/h6,8,10-11,13,18H,4-5,7,9,12H2,1-3H3,(H2,22,23). The molecule has 1 fully saturated rings. The molecule has 0 saturated carbocycles. The fourth-order valence-electron chi connectivity index (χ4n) is 3.78. The van der Waals surface area contributed by atoms with Gasteiger partial charge in [-0.05, 0) is 48.4 Å². The van der Waals surface area contributed by atoms with Crippen molar-refractivity contribution < 1.29 is 14.3 Å². The number of nitrogens with two attached hydrogens (primary N) is 1. The molecule has 6 heteroatoms. The number of aryl methyl sites for hydroxylation is 1. The smallest absolute Gasteiger partial charge is 0.329 e. The van der Waals surface area contributed by atoms with Crippen LogP contribution in [0, 0.1) is 5.92 Å². The predicted octanol–water partition coefficient (Wildman–Crippen LogP) is 2.72. The molecule has 1 aliphatic rings. The van der Waals surface area contributed by atoms with Gasteiger partial charge in [0.05, 0.1) is 6.61 Å². The van der Waals surface area contributed by atoms with Crippen LogP contribution in [-0.2, 0) is 27.2 Å². The van der Waals surface area contributed by atoms with E-state index in [1.807, 2.05) is 19.1 Å². The number of anilines is 1. The summed E-state index contributed by atoms with van der Waals surface area (Å²) in [6.45, 7) is 6.66. The molecule has 3 rings (SSSR count). The van der Waals surface area contributed by atoms with Gasteiger partial charge in [0.15, 0.2) is 0 Å². The number of hydrogen-bond acceptors (Lipinski definition) is 5. The molecule has 0 bridgehead atoms. The second kappa shape index (κ2) is 7.94. The first kappa shape index (κ1) is 19.1. The lowest BCUT2D eigenvalue weighted by Gasteiger charge is -2.27. The first-order valence-corrected chi connectivity index (χ1v) is 9.59. The SMILES string of the molecule is CCOC(=O)C(Cc1cc2ccnc(N)c2cc1CC)N1CCC(C)C1=O. The van der Waals surface area contributed by atoms with Crippen molar-refractivity contribution in [2.24, 2.45) is 5.92 Å². The first-order chi connectivity index (χ1) is 13.0. The Morgan fingerprint density at radius 1 is 1.37 bits per heavy atom. The summed E-state index contributed by atoms with van der Waals surface area (Å²) in [7, 11) is 0. The maximum Gasteiger partial charge on any atom is 0.329 e. The molecular weight excluding hydrogens is 342 g/mol. The van der Waals surface area contributed by atoms with Crippen molar-refractivity contribution in [3.05, 3.63) is 35.5 Å². The number of nitrogen functional groups attached to an aromatic ring is 1. The molecule has 0 aliphatic carbocycles. The van der Waals surface area contributed by atoms with E-state index in [-0.39, 0.29) is 17.8 Å². The van der Waals surface area contributed by atoms with Crippen LogP contribution in [0.4, 0.5) is 5.82 Å². The van der Waals surface area contributed by atoms with Crippen LogP contribution in [0.3, 0.4) is 0 Å². The highest BCUT2D eigenvalue weighted by molar-refractivity contribution is 5.92. The minimum Gasteiger partial charge on any atom is -0.464 e. The first-order valence-electron chi connectivity index (χ1n) is 9.59. The molecule has 1 saturated heterocycles. The molecule has 2 aromatic rings. The third-order valence-corrected chi connectivity index (χ3v) is 5.35. The number of carbonyl (C=O) groups is 2. The molecule has 0 radical (unpaired) electrons. The molecule has 2 unspecified atom stereocenters. The van der Waals surface area contributed by atoms with E-state index in [1.165, 1.54) is 0 Å². The number of carbonyl (C=O) groups excluding carboxylic acids is 2. The summed E-state index contributed by atoms with van der Waals surface area (Å²) in [6, 6.07) is 5.42. The van der Waals surface area contributed by atoms with Gasteiger partial charge in [0, 0.05) is 30.5 Å². The Hall–Kier alpha value is -2.63. The number of esters is 1. The summed E-state index contributed by atoms with van der Waals surface area (Å²) < 4.78 is 5.29. The van der Waals surface area contributed by atoms with Crippen LogP contribution >= 0.6 is 0 Å². The normalized spacial score (nSPS) is 18.1. The summed E-state index contributed by atoms with van der Waals surface area (Å²) >= 11 is 0. The quantitative estimate of drug-likeness (QED) is 0.791. The maximum absolute atomic E-state index is 12.7. The number of hydrogen-bond donors (Lipinski definition) is 1. The van der Waals surface area contributed by atoms with E-state index in [4.69, 9.17) is 10.5 Å². The van der Waals surface area contributed by atoms with Crippen LogP contribution in [0.2, 0.25) is 0 Å². The zero-order valence-electron chi connectivity index (χ0n) is 16.2. The maximum atomic E-state index is 12.7. The highest BCUT2D eigenvalue weighted by atomic mass is 16.5. The molecule has 1 aromatic heterocycles. The van der Waals surface area contributed by atoms with Crippen molar-refractivity contribution in [2.45, 2.75) is 46.1 Å². The van der Waals surface area contributed by atoms with Crippen molar-refractivity contribution in [3.8, 4) is 0 Å². The molecular formula is C21H27N3O3. The second-order valence-corrected chi connectivity index (χ2v) is 7.09. The van der Waals surface area contributed by atoms with Crippen LogP contribution in [0.1, 0.15) is 38.3 Å². The van der Waals surface area contributed by atoms with Crippen molar-refractivity contribution in [3.63, 3.8) is 0 Å². The third-order valence-electron chi connectivity index (χ3n) is 5.35. The average molecular weight is 369 g/mol. The van der Waals surface area contributed by atoms with E-state index >= 15 is 0 Å². The van der Waals surface area contributed by atoms with Gasteiger partial charge in [0.1, 0.15) is 11.9 Å². The Labute approximate surface area is 159 Å². The van der Waals surface area contributed by atoms with Gasteiger partial charge < -0.3 is 15.4 Å². The van der Waals surface area contributed by atoms with Crippen molar-refractivity contribution in [1.29, 1.82) is 0 Å². The number of aromatic nitrogens is 1. The van der Waals surface area contributed by atoms with Gasteiger partial charge in [-0.3, -0.25) is 4.79 Å². The highest BCUT2D eigenvalue weighted by Crippen LogP contribution is 2.28. The summed E-state index contributed by atoms with van der Waals surface area (Å²) in [5.74, 6) is 0.144. The Balaban J connectivity index is 2.00. The zero-order chi connectivity index (χ0) is 19.6.